The zero-order valence-electron chi connectivity index (χ0n) is 8.82. The maximum absolute atomic E-state index is 9.62. The summed E-state index contributed by atoms with van der Waals surface area (Å²) in [6.07, 6.45) is 1.10. The highest BCUT2D eigenvalue weighted by Gasteiger charge is 1.83. The average molecular weight is 210 g/mol. The Labute approximate surface area is 83.3 Å². The fraction of sp³-hybridized carbons (Fsp3) is 1.00. The third-order valence-electron chi connectivity index (χ3n) is 1.11. The fourth-order valence-corrected chi connectivity index (χ4v) is 0.408. The second-order valence-electron chi connectivity index (χ2n) is 2.97. The first-order valence-corrected chi connectivity index (χ1v) is 5.06. The summed E-state index contributed by atoms with van der Waals surface area (Å²) in [5, 5.41) is 0. The van der Waals surface area contributed by atoms with Gasteiger partial charge >= 0.3 is 0 Å². The predicted molar refractivity (Wildman–Crippen MR) is 54.8 cm³/mol. The molecule has 2 N–H and O–H groups in total. The molecule has 0 heterocycles. The van der Waals surface area contributed by atoms with E-state index in [9.17, 15) is 8.76 Å². The Balaban J connectivity index is 0. The van der Waals surface area contributed by atoms with E-state index in [1.54, 1.807) is 0 Å². The molecule has 0 bridgehead atoms. The van der Waals surface area contributed by atoms with Gasteiger partial charge in [0.25, 0.3) is 0 Å². The molecule has 0 saturated heterocycles. The Morgan fingerprint density at radius 3 is 1.77 bits per heavy atom. The van der Waals surface area contributed by atoms with Crippen molar-refractivity contribution < 1.29 is 8.76 Å². The molecule has 82 valence electrons. The summed E-state index contributed by atoms with van der Waals surface area (Å²) in [6, 6.07) is 0. The molecule has 0 fully saturated rings. The molecule has 6 heteroatoms. The maximum atomic E-state index is 9.62. The lowest BCUT2D eigenvalue weighted by atomic mass is 10.4. The van der Waals surface area contributed by atoms with Gasteiger partial charge in [-0.2, -0.15) is 0 Å². The van der Waals surface area contributed by atoms with Gasteiger partial charge in [-0.15, -0.1) is 0 Å². The zero-order chi connectivity index (χ0) is 10.9. The molecule has 1 atom stereocenters. The van der Waals surface area contributed by atoms with Gasteiger partial charge in [-0.1, -0.05) is 0 Å². The molecule has 0 spiro atoms. The van der Waals surface area contributed by atoms with Crippen molar-refractivity contribution in [3.8, 4) is 0 Å². The van der Waals surface area contributed by atoms with Gasteiger partial charge in [-0.3, -0.25) is 4.21 Å². The molecular formula is C7H20N3O2S-. The molecule has 0 aliphatic heterocycles. The largest absolute Gasteiger partial charge is 0.760 e. The molecule has 5 nitrogen and oxygen atoms in total. The molecule has 0 saturated carbocycles. The Kier molecular flexibility index (Phi) is 12.0. The number of rotatable bonds is 4. The zero-order valence-corrected chi connectivity index (χ0v) is 9.63. The standard InChI is InChI=1S/C5H14N2.C2H7NO2S/c1-7(2)5-3-4-6;1-3(2)6(4)5/h3-6H2,1-2H3;1-2H3,(H,4,5)/p-1. The topological polar surface area (TPSA) is 72.6 Å². The molecule has 0 rings (SSSR count). The van der Waals surface area contributed by atoms with Crippen LogP contribution in [0, 0.1) is 0 Å². The van der Waals surface area contributed by atoms with Crippen molar-refractivity contribution in [2.45, 2.75) is 6.42 Å². The summed E-state index contributed by atoms with van der Waals surface area (Å²) in [6.45, 7) is 1.91. The smallest absolute Gasteiger partial charge is 0.0203 e. The number of hydrogen-bond donors (Lipinski definition) is 1. The lowest BCUT2D eigenvalue weighted by molar-refractivity contribution is 0.403. The van der Waals surface area contributed by atoms with Crippen molar-refractivity contribution in [2.24, 2.45) is 5.73 Å². The van der Waals surface area contributed by atoms with E-state index in [0.717, 1.165) is 23.8 Å². The molecule has 13 heavy (non-hydrogen) atoms. The lowest BCUT2D eigenvalue weighted by Crippen LogP contribution is -2.16. The van der Waals surface area contributed by atoms with Crippen molar-refractivity contribution in [1.29, 1.82) is 0 Å². The van der Waals surface area contributed by atoms with Gasteiger partial charge in [0, 0.05) is 11.3 Å². The quantitative estimate of drug-likeness (QED) is 0.619. The third-order valence-corrected chi connectivity index (χ3v) is 1.70. The van der Waals surface area contributed by atoms with Crippen LogP contribution in [0.5, 0.6) is 0 Å². The molecule has 0 radical (unpaired) electrons. The molecule has 0 aromatic heterocycles. The van der Waals surface area contributed by atoms with Crippen LogP contribution < -0.4 is 5.73 Å². The Hall–Kier alpha value is -0.0100. The second kappa shape index (κ2) is 10.1. The predicted octanol–water partition coefficient (Wildman–Crippen LogP) is -0.761. The minimum Gasteiger partial charge on any atom is -0.760 e. The van der Waals surface area contributed by atoms with E-state index >= 15 is 0 Å². The van der Waals surface area contributed by atoms with Crippen LogP contribution in [0.15, 0.2) is 0 Å². The van der Waals surface area contributed by atoms with Gasteiger partial charge in [0.2, 0.25) is 0 Å². The van der Waals surface area contributed by atoms with Gasteiger partial charge in [0.1, 0.15) is 0 Å². The highest BCUT2D eigenvalue weighted by Crippen LogP contribution is 1.76. The SMILES string of the molecule is CN(C)CCCN.CN(C)S(=O)[O-]. The van der Waals surface area contributed by atoms with Crippen LogP contribution in [0.3, 0.4) is 0 Å². The molecule has 1 unspecified atom stereocenters. The molecule has 0 amide bonds. The fourth-order valence-electron chi connectivity index (χ4n) is 0.408. The lowest BCUT2D eigenvalue weighted by Gasteiger charge is -2.10. The molecule has 0 aromatic rings. The van der Waals surface area contributed by atoms with Crippen LogP contribution in [0.4, 0.5) is 0 Å². The van der Waals surface area contributed by atoms with Crippen molar-refractivity contribution >= 4 is 11.3 Å². The minimum atomic E-state index is -2.03. The third kappa shape index (κ3) is 18.7. The van der Waals surface area contributed by atoms with Crippen LogP contribution in [0.1, 0.15) is 6.42 Å². The second-order valence-corrected chi connectivity index (χ2v) is 4.14. The van der Waals surface area contributed by atoms with Crippen LogP contribution in [0.25, 0.3) is 0 Å². The Morgan fingerprint density at radius 1 is 1.31 bits per heavy atom. The highest BCUT2D eigenvalue weighted by atomic mass is 32.2. The Morgan fingerprint density at radius 2 is 1.69 bits per heavy atom. The molecule has 0 aliphatic carbocycles. The van der Waals surface area contributed by atoms with E-state index in [2.05, 4.69) is 19.0 Å². The van der Waals surface area contributed by atoms with Crippen molar-refractivity contribution in [3.05, 3.63) is 0 Å². The van der Waals surface area contributed by atoms with E-state index in [-0.39, 0.29) is 0 Å². The number of nitrogens with zero attached hydrogens (tertiary/aromatic N) is 2. The van der Waals surface area contributed by atoms with Gasteiger partial charge in [0.05, 0.1) is 0 Å². The Bertz CT molecular complexity index is 131. The normalized spacial score (nSPS) is 12.6. The highest BCUT2D eigenvalue weighted by molar-refractivity contribution is 7.76. The van der Waals surface area contributed by atoms with Crippen molar-refractivity contribution in [2.75, 3.05) is 41.3 Å². The number of hydrogen-bond acceptors (Lipinski definition) is 4. The summed E-state index contributed by atoms with van der Waals surface area (Å²) in [5.74, 6) is 0. The minimum absolute atomic E-state index is 0.804. The first kappa shape index (κ1) is 15.5. The summed E-state index contributed by atoms with van der Waals surface area (Å²) >= 11 is -2.03. The van der Waals surface area contributed by atoms with E-state index in [4.69, 9.17) is 5.73 Å². The molecule has 0 aliphatic rings. The van der Waals surface area contributed by atoms with Gasteiger partial charge < -0.3 is 15.2 Å². The van der Waals surface area contributed by atoms with Gasteiger partial charge in [-0.25, -0.2) is 4.31 Å². The van der Waals surface area contributed by atoms with Crippen LogP contribution in [-0.4, -0.2) is 59.2 Å². The summed E-state index contributed by atoms with van der Waals surface area (Å²) in [4.78, 5) is 2.13. The van der Waals surface area contributed by atoms with Crippen molar-refractivity contribution in [1.82, 2.24) is 9.21 Å². The number of nitrogens with two attached hydrogens (primary N) is 1. The van der Waals surface area contributed by atoms with E-state index in [1.165, 1.54) is 14.1 Å². The van der Waals surface area contributed by atoms with Crippen LogP contribution in [-0.2, 0) is 11.3 Å². The summed E-state index contributed by atoms with van der Waals surface area (Å²) in [7, 11) is 7.03. The van der Waals surface area contributed by atoms with Crippen LogP contribution >= 0.6 is 0 Å². The molecule has 0 aromatic carbocycles. The van der Waals surface area contributed by atoms with E-state index in [0.29, 0.717) is 0 Å². The van der Waals surface area contributed by atoms with Gasteiger partial charge in [-0.05, 0) is 47.7 Å². The van der Waals surface area contributed by atoms with Crippen molar-refractivity contribution in [3.63, 3.8) is 0 Å². The summed E-state index contributed by atoms with van der Waals surface area (Å²) in [5.41, 5.74) is 5.25. The first-order valence-electron chi connectivity index (χ1n) is 4.03. The average Bonchev–Trinajstić information content (AvgIpc) is 2.01. The molecular weight excluding hydrogens is 190 g/mol. The maximum Gasteiger partial charge on any atom is 0.0203 e. The first-order chi connectivity index (χ1) is 5.91. The van der Waals surface area contributed by atoms with E-state index in [1.807, 2.05) is 0 Å². The summed E-state index contributed by atoms with van der Waals surface area (Å²) < 4.78 is 20.3. The van der Waals surface area contributed by atoms with Gasteiger partial charge in [0.15, 0.2) is 0 Å². The van der Waals surface area contributed by atoms with E-state index < -0.39 is 11.3 Å². The monoisotopic (exact) mass is 210 g/mol. The van der Waals surface area contributed by atoms with Crippen LogP contribution in [0.2, 0.25) is 0 Å².